The van der Waals surface area contributed by atoms with Crippen molar-refractivity contribution in [3.05, 3.63) is 79.9 Å². The maximum absolute atomic E-state index is 13.0. The summed E-state index contributed by atoms with van der Waals surface area (Å²) in [6, 6.07) is 10.4. The van der Waals surface area contributed by atoms with Gasteiger partial charge in [-0.1, -0.05) is 40.9 Å². The van der Waals surface area contributed by atoms with Crippen molar-refractivity contribution in [2.75, 3.05) is 0 Å². The molecule has 25 heavy (non-hydrogen) atoms. The zero-order valence-electron chi connectivity index (χ0n) is 13.1. The third kappa shape index (κ3) is 3.66. The van der Waals surface area contributed by atoms with E-state index in [0.29, 0.717) is 37.5 Å². The number of rotatable bonds is 3. The van der Waals surface area contributed by atoms with Crippen LogP contribution < -0.4 is 10.6 Å². The van der Waals surface area contributed by atoms with Crippen molar-refractivity contribution in [1.82, 2.24) is 10.6 Å². The van der Waals surface area contributed by atoms with Gasteiger partial charge in [-0.2, -0.15) is 0 Å². The van der Waals surface area contributed by atoms with E-state index in [9.17, 15) is 9.59 Å². The molecule has 1 heterocycles. The smallest absolute Gasteiger partial charge is 0.319 e. The van der Waals surface area contributed by atoms with E-state index in [0.717, 1.165) is 0 Å². The van der Waals surface area contributed by atoms with Crippen LogP contribution >= 0.6 is 34.8 Å². The van der Waals surface area contributed by atoms with E-state index in [-0.39, 0.29) is 5.78 Å². The first-order valence-electron chi connectivity index (χ1n) is 7.40. The van der Waals surface area contributed by atoms with Gasteiger partial charge >= 0.3 is 6.03 Å². The van der Waals surface area contributed by atoms with E-state index in [1.165, 1.54) is 0 Å². The third-order valence-corrected chi connectivity index (χ3v) is 4.71. The first-order chi connectivity index (χ1) is 11.9. The van der Waals surface area contributed by atoms with Crippen molar-refractivity contribution in [3.63, 3.8) is 0 Å². The molecule has 0 fully saturated rings. The van der Waals surface area contributed by atoms with Crippen LogP contribution in [0.15, 0.2) is 53.7 Å². The maximum atomic E-state index is 13.0. The highest BCUT2D eigenvalue weighted by molar-refractivity contribution is 6.35. The van der Waals surface area contributed by atoms with Gasteiger partial charge in [-0.05, 0) is 48.9 Å². The minimum atomic E-state index is -0.679. The second-order valence-corrected chi connectivity index (χ2v) is 6.85. The Hall–Kier alpha value is -2.01. The summed E-state index contributed by atoms with van der Waals surface area (Å²) in [5.74, 6) is -0.224. The molecular weight excluding hydrogens is 383 g/mol. The highest BCUT2D eigenvalue weighted by atomic mass is 35.5. The first kappa shape index (κ1) is 17.8. The normalized spacial score (nSPS) is 17.1. The topological polar surface area (TPSA) is 58.2 Å². The van der Waals surface area contributed by atoms with Crippen molar-refractivity contribution in [2.24, 2.45) is 0 Å². The van der Waals surface area contributed by atoms with Crippen LogP contribution in [0.3, 0.4) is 0 Å². The minimum Gasteiger partial charge on any atom is -0.327 e. The molecule has 1 aliphatic heterocycles. The molecule has 128 valence electrons. The van der Waals surface area contributed by atoms with Crippen LogP contribution in [0.5, 0.6) is 0 Å². The predicted molar refractivity (Wildman–Crippen MR) is 99.4 cm³/mol. The fourth-order valence-electron chi connectivity index (χ4n) is 2.72. The molecular formula is C18H13Cl3N2O2. The molecule has 0 aliphatic carbocycles. The Morgan fingerprint density at radius 3 is 2.28 bits per heavy atom. The Bertz CT molecular complexity index is 892. The molecule has 0 unspecified atom stereocenters. The Labute approximate surface area is 159 Å². The summed E-state index contributed by atoms with van der Waals surface area (Å²) < 4.78 is 0. The lowest BCUT2D eigenvalue weighted by atomic mass is 9.89. The lowest BCUT2D eigenvalue weighted by molar-refractivity contribution is 0.102. The number of benzene rings is 2. The Kier molecular flexibility index (Phi) is 5.04. The molecule has 2 N–H and O–H groups in total. The van der Waals surface area contributed by atoms with Gasteiger partial charge in [-0.15, -0.1) is 0 Å². The number of Topliss-reactive ketones (excluding diaryl/α,β-unsaturated/α-hetero) is 1. The molecule has 2 aromatic carbocycles. The second kappa shape index (κ2) is 7.08. The number of halogens is 3. The lowest BCUT2D eigenvalue weighted by Crippen LogP contribution is -2.45. The lowest BCUT2D eigenvalue weighted by Gasteiger charge is -2.29. The van der Waals surface area contributed by atoms with Gasteiger partial charge in [0.05, 0.1) is 6.04 Å². The summed E-state index contributed by atoms with van der Waals surface area (Å²) in [6.07, 6.45) is 0. The summed E-state index contributed by atoms with van der Waals surface area (Å²) in [5.41, 5.74) is 1.94. The highest BCUT2D eigenvalue weighted by Gasteiger charge is 2.32. The maximum Gasteiger partial charge on any atom is 0.319 e. The number of ketones is 1. The van der Waals surface area contributed by atoms with Crippen molar-refractivity contribution in [3.8, 4) is 0 Å². The first-order valence-corrected chi connectivity index (χ1v) is 8.53. The van der Waals surface area contributed by atoms with Gasteiger partial charge in [0, 0.05) is 31.9 Å². The number of carbonyl (C=O) groups excluding carboxylic acids is 2. The Balaban J connectivity index is 2.09. The molecule has 1 aliphatic rings. The summed E-state index contributed by atoms with van der Waals surface area (Å²) in [4.78, 5) is 25.0. The molecule has 2 aromatic rings. The number of hydrogen-bond acceptors (Lipinski definition) is 2. The zero-order chi connectivity index (χ0) is 18.1. The van der Waals surface area contributed by atoms with Crippen LogP contribution in [0.1, 0.15) is 28.9 Å². The largest absolute Gasteiger partial charge is 0.327 e. The fourth-order valence-corrected chi connectivity index (χ4v) is 3.36. The number of urea groups is 1. The van der Waals surface area contributed by atoms with Gasteiger partial charge in [-0.3, -0.25) is 4.79 Å². The van der Waals surface area contributed by atoms with Crippen molar-refractivity contribution < 1.29 is 9.59 Å². The van der Waals surface area contributed by atoms with E-state index < -0.39 is 12.1 Å². The Morgan fingerprint density at radius 1 is 1.00 bits per heavy atom. The average Bonchev–Trinajstić information content (AvgIpc) is 2.54. The molecule has 0 aromatic heterocycles. The van der Waals surface area contributed by atoms with Crippen LogP contribution in [0.25, 0.3) is 0 Å². The number of hydrogen-bond donors (Lipinski definition) is 2. The number of carbonyl (C=O) groups is 2. The van der Waals surface area contributed by atoms with E-state index in [1.807, 2.05) is 0 Å². The molecule has 2 amide bonds. The molecule has 0 saturated carbocycles. The fraction of sp³-hybridized carbons (Fsp3) is 0.111. The Morgan fingerprint density at radius 2 is 1.64 bits per heavy atom. The SMILES string of the molecule is CC1=C(C(=O)c2ccc(Cl)cc2)[C@@H](c2ccc(Cl)cc2Cl)NC(=O)N1. The molecule has 3 rings (SSSR count). The van der Waals surface area contributed by atoms with Gasteiger partial charge < -0.3 is 10.6 Å². The quantitative estimate of drug-likeness (QED) is 0.705. The van der Waals surface area contributed by atoms with Gasteiger partial charge in [0.2, 0.25) is 0 Å². The number of amides is 2. The zero-order valence-corrected chi connectivity index (χ0v) is 15.3. The van der Waals surface area contributed by atoms with Crippen LogP contribution in [0.4, 0.5) is 4.79 Å². The van der Waals surface area contributed by atoms with Gasteiger partial charge in [0.15, 0.2) is 5.78 Å². The second-order valence-electron chi connectivity index (χ2n) is 5.57. The minimum absolute atomic E-state index is 0.224. The summed E-state index contributed by atoms with van der Waals surface area (Å²) in [6.45, 7) is 1.68. The van der Waals surface area contributed by atoms with Crippen LogP contribution in [0.2, 0.25) is 15.1 Å². The summed E-state index contributed by atoms with van der Waals surface area (Å²) in [5, 5.41) is 6.77. The summed E-state index contributed by atoms with van der Waals surface area (Å²) >= 11 is 18.1. The molecule has 4 nitrogen and oxygen atoms in total. The summed E-state index contributed by atoms with van der Waals surface area (Å²) in [7, 11) is 0. The van der Waals surface area contributed by atoms with Gasteiger partial charge in [-0.25, -0.2) is 4.79 Å². The molecule has 0 bridgehead atoms. The predicted octanol–water partition coefficient (Wildman–Crippen LogP) is 5.16. The van der Waals surface area contributed by atoms with Gasteiger partial charge in [0.1, 0.15) is 0 Å². The van der Waals surface area contributed by atoms with Crippen molar-refractivity contribution in [2.45, 2.75) is 13.0 Å². The number of nitrogens with one attached hydrogen (secondary N) is 2. The van der Waals surface area contributed by atoms with Crippen LogP contribution in [-0.2, 0) is 0 Å². The van der Waals surface area contributed by atoms with Crippen LogP contribution in [-0.4, -0.2) is 11.8 Å². The molecule has 0 radical (unpaired) electrons. The van der Waals surface area contributed by atoms with E-state index in [4.69, 9.17) is 34.8 Å². The van der Waals surface area contributed by atoms with Gasteiger partial charge in [0.25, 0.3) is 0 Å². The molecule has 1 atom stereocenters. The van der Waals surface area contributed by atoms with Crippen LogP contribution in [0, 0.1) is 0 Å². The standard InChI is InChI=1S/C18H13Cl3N2O2/c1-9-15(17(24)10-2-4-11(19)5-3-10)16(23-18(25)22-9)13-7-6-12(20)8-14(13)21/h2-8,16H,1H3,(H2,22,23,25)/t16-/m1/s1. The molecule has 0 saturated heterocycles. The van der Waals surface area contributed by atoms with Crippen molar-refractivity contribution >= 4 is 46.6 Å². The van der Waals surface area contributed by atoms with E-state index in [2.05, 4.69) is 10.6 Å². The van der Waals surface area contributed by atoms with Crippen molar-refractivity contribution in [1.29, 1.82) is 0 Å². The molecule has 7 heteroatoms. The monoisotopic (exact) mass is 394 g/mol. The van der Waals surface area contributed by atoms with E-state index >= 15 is 0 Å². The van der Waals surface area contributed by atoms with E-state index in [1.54, 1.807) is 49.4 Å². The average molecular weight is 396 g/mol. The highest BCUT2D eigenvalue weighted by Crippen LogP contribution is 2.34. The molecule has 0 spiro atoms. The number of allylic oxidation sites excluding steroid dienone is 1. The third-order valence-electron chi connectivity index (χ3n) is 3.89.